The number of allylic oxidation sites excluding steroid dienone is 2. The molecule has 4 aliphatic rings. The summed E-state index contributed by atoms with van der Waals surface area (Å²) in [5, 5.41) is -0.407. The van der Waals surface area contributed by atoms with Crippen molar-refractivity contribution >= 4 is 81.5 Å². The van der Waals surface area contributed by atoms with Gasteiger partial charge in [0.2, 0.25) is 0 Å². The first-order chi connectivity index (χ1) is 12.6. The summed E-state index contributed by atoms with van der Waals surface area (Å²) in [6.07, 6.45) is -0.403. The fraction of sp³-hybridized carbons (Fsp3) is 0.733. The summed E-state index contributed by atoms with van der Waals surface area (Å²) < 4.78 is 18.4. The molecule has 6 atom stereocenters. The van der Waals surface area contributed by atoms with Gasteiger partial charge in [0.05, 0.1) is 35.1 Å². The number of halogens is 6. The van der Waals surface area contributed by atoms with Gasteiger partial charge in [-0.2, -0.15) is 0 Å². The topological polar surface area (TPSA) is 77.7 Å². The van der Waals surface area contributed by atoms with Crippen molar-refractivity contribution in [1.29, 1.82) is 0 Å². The van der Waals surface area contributed by atoms with Crippen LogP contribution in [0.25, 0.3) is 0 Å². The van der Waals surface area contributed by atoms with Crippen molar-refractivity contribution in [3.63, 3.8) is 0 Å². The van der Waals surface area contributed by atoms with E-state index >= 15 is 0 Å². The predicted molar refractivity (Wildman–Crippen MR) is 98.7 cm³/mol. The van der Waals surface area contributed by atoms with Crippen LogP contribution in [0.3, 0.4) is 0 Å². The zero-order valence-corrected chi connectivity index (χ0v) is 17.9. The molecule has 0 radical (unpaired) electrons. The highest BCUT2D eigenvalue weighted by Gasteiger charge is 2.86. The molecule has 0 aromatic heterocycles. The summed E-state index contributed by atoms with van der Waals surface area (Å²) in [6, 6.07) is 0. The van der Waals surface area contributed by atoms with Crippen LogP contribution in [0.1, 0.15) is 0 Å². The zero-order chi connectivity index (χ0) is 19.8. The predicted octanol–water partition coefficient (Wildman–Crippen LogP) is 2.95. The Balaban J connectivity index is 1.70. The quantitative estimate of drug-likeness (QED) is 0.317. The molecule has 0 aromatic rings. The first-order valence-corrected chi connectivity index (χ1v) is 10.2. The van der Waals surface area contributed by atoms with Gasteiger partial charge >= 0.3 is 11.9 Å². The minimum absolute atomic E-state index is 0.0120. The van der Waals surface area contributed by atoms with Crippen LogP contribution in [-0.4, -0.2) is 64.7 Å². The highest BCUT2D eigenvalue weighted by Crippen LogP contribution is 2.76. The van der Waals surface area contributed by atoms with Crippen molar-refractivity contribution < 1.29 is 28.5 Å². The Morgan fingerprint density at radius 2 is 1.19 bits per heavy atom. The van der Waals surface area contributed by atoms with Crippen molar-refractivity contribution in [2.45, 2.75) is 26.3 Å². The summed E-state index contributed by atoms with van der Waals surface area (Å²) in [7, 11) is 0. The van der Waals surface area contributed by atoms with E-state index in [9.17, 15) is 9.59 Å². The van der Waals surface area contributed by atoms with Gasteiger partial charge in [0.15, 0.2) is 4.33 Å². The number of esters is 2. The molecule has 2 bridgehead atoms. The molecule has 2 saturated heterocycles. The van der Waals surface area contributed by atoms with E-state index in [2.05, 4.69) is 0 Å². The Labute approximate surface area is 184 Å². The number of ether oxygens (including phenoxy) is 4. The van der Waals surface area contributed by atoms with Crippen LogP contribution in [-0.2, 0) is 28.5 Å². The molecule has 27 heavy (non-hydrogen) atoms. The molecule has 2 aliphatic carbocycles. The normalized spacial score (nSPS) is 43.6. The lowest BCUT2D eigenvalue weighted by Gasteiger charge is -2.33. The summed E-state index contributed by atoms with van der Waals surface area (Å²) >= 11 is 38.7. The molecule has 6 unspecified atom stereocenters. The van der Waals surface area contributed by atoms with Gasteiger partial charge in [-0.15, -0.1) is 23.2 Å². The lowest BCUT2D eigenvalue weighted by atomic mass is 9.82. The van der Waals surface area contributed by atoms with E-state index in [0.717, 1.165) is 0 Å². The van der Waals surface area contributed by atoms with Gasteiger partial charge in [-0.25, -0.2) is 0 Å². The van der Waals surface area contributed by atoms with Gasteiger partial charge in [-0.05, 0) is 0 Å². The maximum absolute atomic E-state index is 12.8. The van der Waals surface area contributed by atoms with Gasteiger partial charge in [0, 0.05) is 0 Å². The molecule has 3 fully saturated rings. The van der Waals surface area contributed by atoms with Crippen LogP contribution in [0.5, 0.6) is 0 Å². The van der Waals surface area contributed by atoms with E-state index < -0.39 is 37.9 Å². The number of hydrogen-bond donors (Lipinski definition) is 0. The van der Waals surface area contributed by atoms with Crippen LogP contribution in [0, 0.1) is 11.8 Å². The van der Waals surface area contributed by atoms with Gasteiger partial charge in [-0.1, -0.05) is 46.4 Å². The first kappa shape index (κ1) is 20.6. The number of hydrogen-bond acceptors (Lipinski definition) is 6. The Bertz CT molecular complexity index is 676. The molecule has 4 rings (SSSR count). The van der Waals surface area contributed by atoms with Gasteiger partial charge in [0.1, 0.15) is 35.2 Å². The molecular formula is C15H12Cl6O6. The van der Waals surface area contributed by atoms with Crippen LogP contribution in [0.4, 0.5) is 0 Å². The molecule has 0 aromatic carbocycles. The van der Waals surface area contributed by atoms with Crippen molar-refractivity contribution in [2.24, 2.45) is 11.8 Å². The number of fused-ring (bicyclic) bond motifs is 2. The fourth-order valence-corrected chi connectivity index (χ4v) is 6.36. The van der Waals surface area contributed by atoms with Crippen molar-refractivity contribution in [2.75, 3.05) is 26.4 Å². The summed E-state index contributed by atoms with van der Waals surface area (Å²) in [6.45, 7) is 0.916. The van der Waals surface area contributed by atoms with E-state index in [1.54, 1.807) is 0 Å². The second-order valence-corrected chi connectivity index (χ2v) is 10.0. The zero-order valence-electron chi connectivity index (χ0n) is 13.4. The lowest BCUT2D eigenvalue weighted by Crippen LogP contribution is -2.46. The molecule has 0 spiro atoms. The number of carbonyl (C=O) groups excluding carboxylic acids is 2. The molecule has 0 amide bonds. The number of rotatable bonds is 6. The molecule has 12 heteroatoms. The Kier molecular flexibility index (Phi) is 5.09. The van der Waals surface area contributed by atoms with Gasteiger partial charge < -0.3 is 18.9 Å². The van der Waals surface area contributed by atoms with E-state index in [0.29, 0.717) is 13.2 Å². The van der Waals surface area contributed by atoms with Crippen LogP contribution in [0.15, 0.2) is 10.1 Å². The SMILES string of the molecule is O=C(OCC1CO1)C1C(C(=O)OCC2CO2)C2(Cl)C(Cl)=C(Cl)C1(Cl)C2(Cl)Cl. The van der Waals surface area contributed by atoms with Crippen molar-refractivity contribution in [3.05, 3.63) is 10.1 Å². The minimum atomic E-state index is -2.07. The molecular weight excluding hydrogens is 489 g/mol. The molecule has 6 nitrogen and oxygen atoms in total. The Morgan fingerprint density at radius 3 is 1.48 bits per heavy atom. The number of carbonyl (C=O) groups is 2. The smallest absolute Gasteiger partial charge is 0.312 e. The third kappa shape index (κ3) is 2.82. The lowest BCUT2D eigenvalue weighted by molar-refractivity contribution is -0.161. The standard InChI is InChI=1S/C15H12Cl6O6/c16-9-10(17)14(19)8(12(23)27-4-6-2-25-6)7(13(9,18)15(14,20)21)11(22)26-3-5-1-24-5/h5-8H,1-4H2. The van der Waals surface area contributed by atoms with Crippen molar-refractivity contribution in [1.82, 2.24) is 0 Å². The van der Waals surface area contributed by atoms with E-state index in [4.69, 9.17) is 88.6 Å². The second kappa shape index (κ2) is 6.67. The summed E-state index contributed by atoms with van der Waals surface area (Å²) in [5.41, 5.74) is 0. The maximum Gasteiger partial charge on any atom is 0.312 e. The second-order valence-electron chi connectivity index (χ2n) is 6.75. The summed E-state index contributed by atoms with van der Waals surface area (Å²) in [5.74, 6) is -4.51. The molecule has 1 saturated carbocycles. The van der Waals surface area contributed by atoms with Gasteiger partial charge in [0.25, 0.3) is 0 Å². The maximum atomic E-state index is 12.8. The average Bonchev–Trinajstić information content (AvgIpc) is 3.51. The first-order valence-electron chi connectivity index (χ1n) is 7.95. The highest BCUT2D eigenvalue weighted by atomic mass is 35.5. The largest absolute Gasteiger partial charge is 0.463 e. The minimum Gasteiger partial charge on any atom is -0.463 e. The van der Waals surface area contributed by atoms with Crippen LogP contribution < -0.4 is 0 Å². The Hall–Kier alpha value is 0.340. The van der Waals surface area contributed by atoms with E-state index in [1.165, 1.54) is 0 Å². The monoisotopic (exact) mass is 498 g/mol. The third-order valence-electron chi connectivity index (χ3n) is 5.07. The fourth-order valence-electron chi connectivity index (χ4n) is 3.44. The van der Waals surface area contributed by atoms with Crippen molar-refractivity contribution in [3.8, 4) is 0 Å². The van der Waals surface area contributed by atoms with Crippen LogP contribution in [0.2, 0.25) is 0 Å². The Morgan fingerprint density at radius 1 is 0.852 bits per heavy atom. The van der Waals surface area contributed by atoms with E-state index in [-0.39, 0.29) is 35.5 Å². The third-order valence-corrected chi connectivity index (χ3v) is 9.33. The summed E-state index contributed by atoms with van der Waals surface area (Å²) in [4.78, 5) is 21.7. The molecule has 0 N–H and O–H groups in total. The number of alkyl halides is 4. The average molecular weight is 501 g/mol. The number of epoxide rings is 2. The van der Waals surface area contributed by atoms with Gasteiger partial charge in [-0.3, -0.25) is 9.59 Å². The molecule has 150 valence electrons. The molecule has 2 heterocycles. The molecule has 2 aliphatic heterocycles. The van der Waals surface area contributed by atoms with Crippen LogP contribution >= 0.6 is 69.6 Å². The highest BCUT2D eigenvalue weighted by molar-refractivity contribution is 6.66. The van der Waals surface area contributed by atoms with E-state index in [1.807, 2.05) is 0 Å².